The van der Waals surface area contributed by atoms with Crippen LogP contribution < -0.4 is 5.32 Å². The third-order valence-electron chi connectivity index (χ3n) is 4.93. The topological polar surface area (TPSA) is 68.3 Å². The molecule has 1 amide bonds. The molecule has 4 rings (SSSR count). The second-order valence-corrected chi connectivity index (χ2v) is 6.85. The molecule has 0 spiro atoms. The minimum atomic E-state index is -2.35. The smallest absolute Gasteiger partial charge is 0.339 e. The van der Waals surface area contributed by atoms with Gasteiger partial charge in [-0.15, -0.1) is 0 Å². The van der Waals surface area contributed by atoms with Gasteiger partial charge < -0.3 is 10.1 Å². The lowest BCUT2D eigenvalue weighted by Gasteiger charge is -2.13. The highest BCUT2D eigenvalue weighted by Crippen LogP contribution is 2.31. The number of carbonyl (C=O) groups excluding carboxylic acids is 2. The molecule has 0 saturated heterocycles. The van der Waals surface area contributed by atoms with Gasteiger partial charge in [0.1, 0.15) is 5.69 Å². The van der Waals surface area contributed by atoms with Gasteiger partial charge in [-0.2, -0.15) is 0 Å². The van der Waals surface area contributed by atoms with E-state index in [4.69, 9.17) is 4.74 Å². The van der Waals surface area contributed by atoms with Gasteiger partial charge >= 0.3 is 5.97 Å². The van der Waals surface area contributed by atoms with Crippen LogP contribution in [-0.4, -0.2) is 23.5 Å². The van der Waals surface area contributed by atoms with Gasteiger partial charge in [-0.05, 0) is 30.9 Å². The SMILES string of the molecule is O=C(COC(=O)c1c2c(nc3ccccc13)CCC2)Nc1c(F)c(F)c(F)c(F)c1F. The highest BCUT2D eigenvalue weighted by atomic mass is 19.2. The number of fused-ring (bicyclic) bond motifs is 2. The number of anilines is 1. The van der Waals surface area contributed by atoms with Crippen LogP contribution in [0.5, 0.6) is 0 Å². The van der Waals surface area contributed by atoms with Gasteiger partial charge in [0.05, 0.1) is 11.1 Å². The molecular weight excluding hydrogens is 423 g/mol. The number of para-hydroxylation sites is 1. The molecule has 1 aliphatic carbocycles. The highest BCUT2D eigenvalue weighted by Gasteiger charge is 2.28. The van der Waals surface area contributed by atoms with Crippen LogP contribution in [0.1, 0.15) is 28.0 Å². The summed E-state index contributed by atoms with van der Waals surface area (Å²) in [6, 6.07) is 6.86. The van der Waals surface area contributed by atoms with Crippen LogP contribution in [0.4, 0.5) is 27.6 Å². The van der Waals surface area contributed by atoms with Crippen LogP contribution in [-0.2, 0) is 22.4 Å². The van der Waals surface area contributed by atoms with Crippen molar-refractivity contribution in [3.63, 3.8) is 0 Å². The summed E-state index contributed by atoms with van der Waals surface area (Å²) in [4.78, 5) is 29.2. The molecule has 1 aliphatic rings. The summed E-state index contributed by atoms with van der Waals surface area (Å²) in [5.41, 5.74) is 0.733. The van der Waals surface area contributed by atoms with Crippen LogP contribution in [0, 0.1) is 29.1 Å². The molecule has 0 atom stereocenters. The predicted octanol–water partition coefficient (Wildman–Crippen LogP) is 4.21. The number of hydrogen-bond acceptors (Lipinski definition) is 4. The number of pyridine rings is 1. The number of nitrogens with zero attached hydrogens (tertiary/aromatic N) is 1. The fourth-order valence-electron chi connectivity index (χ4n) is 3.54. The van der Waals surface area contributed by atoms with Crippen molar-refractivity contribution in [2.75, 3.05) is 11.9 Å². The quantitative estimate of drug-likeness (QED) is 0.288. The van der Waals surface area contributed by atoms with Gasteiger partial charge in [0.2, 0.25) is 5.82 Å². The minimum Gasteiger partial charge on any atom is -0.452 e. The van der Waals surface area contributed by atoms with Crippen molar-refractivity contribution in [3.8, 4) is 0 Å². The second kappa shape index (κ2) is 7.93. The first-order valence-corrected chi connectivity index (χ1v) is 9.18. The summed E-state index contributed by atoms with van der Waals surface area (Å²) in [5.74, 6) is -13.3. The highest BCUT2D eigenvalue weighted by molar-refractivity contribution is 6.06. The first kappa shape index (κ1) is 20.7. The van der Waals surface area contributed by atoms with Crippen LogP contribution >= 0.6 is 0 Å². The molecule has 1 N–H and O–H groups in total. The zero-order chi connectivity index (χ0) is 22.3. The molecule has 0 aliphatic heterocycles. The number of nitrogens with one attached hydrogen (secondary N) is 1. The number of esters is 1. The van der Waals surface area contributed by atoms with Crippen LogP contribution in [0.3, 0.4) is 0 Å². The van der Waals surface area contributed by atoms with E-state index in [9.17, 15) is 31.5 Å². The van der Waals surface area contributed by atoms with Crippen molar-refractivity contribution in [1.82, 2.24) is 4.98 Å². The van der Waals surface area contributed by atoms with E-state index in [0.29, 0.717) is 29.3 Å². The van der Waals surface area contributed by atoms with Gasteiger partial charge in [0, 0.05) is 11.1 Å². The average molecular weight is 436 g/mol. The Morgan fingerprint density at radius 2 is 1.58 bits per heavy atom. The fraction of sp³-hybridized carbons (Fsp3) is 0.190. The summed E-state index contributed by atoms with van der Waals surface area (Å²) < 4.78 is 72.0. The first-order chi connectivity index (χ1) is 14.8. The van der Waals surface area contributed by atoms with Crippen molar-refractivity contribution < 1.29 is 36.3 Å². The van der Waals surface area contributed by atoms with E-state index in [1.54, 1.807) is 29.6 Å². The Bertz CT molecular complexity index is 1220. The lowest BCUT2D eigenvalue weighted by atomic mass is 10.0. The van der Waals surface area contributed by atoms with Gasteiger partial charge in [-0.1, -0.05) is 18.2 Å². The van der Waals surface area contributed by atoms with E-state index >= 15 is 0 Å². The van der Waals surface area contributed by atoms with Crippen molar-refractivity contribution in [3.05, 3.63) is 70.2 Å². The van der Waals surface area contributed by atoms with E-state index < -0.39 is 53.3 Å². The molecule has 0 fully saturated rings. The van der Waals surface area contributed by atoms with E-state index in [2.05, 4.69) is 4.98 Å². The Labute approximate surface area is 171 Å². The van der Waals surface area contributed by atoms with Crippen LogP contribution in [0.15, 0.2) is 24.3 Å². The molecule has 10 heteroatoms. The predicted molar refractivity (Wildman–Crippen MR) is 98.9 cm³/mol. The van der Waals surface area contributed by atoms with E-state index in [1.807, 2.05) is 0 Å². The number of halogens is 5. The van der Waals surface area contributed by atoms with Crippen molar-refractivity contribution >= 4 is 28.5 Å². The Morgan fingerprint density at radius 3 is 2.29 bits per heavy atom. The molecule has 0 radical (unpaired) electrons. The number of hydrogen-bond donors (Lipinski definition) is 1. The van der Waals surface area contributed by atoms with E-state index in [-0.39, 0.29) is 5.56 Å². The summed E-state index contributed by atoms with van der Waals surface area (Å²) >= 11 is 0. The standard InChI is InChI=1S/C21H13F5N2O3/c22-15-16(23)18(25)20(19(26)17(15)24)28-13(29)8-31-21(30)14-9-4-1-2-6-11(9)27-12-7-3-5-10(12)14/h1-2,4,6H,3,5,7-8H2,(H,28,29). The largest absolute Gasteiger partial charge is 0.452 e. The molecule has 1 heterocycles. The molecule has 2 aromatic carbocycles. The monoisotopic (exact) mass is 436 g/mol. The molecule has 0 unspecified atom stereocenters. The first-order valence-electron chi connectivity index (χ1n) is 9.18. The summed E-state index contributed by atoms with van der Waals surface area (Å²) in [5, 5.41) is 2.08. The van der Waals surface area contributed by atoms with Crippen molar-refractivity contribution in [1.29, 1.82) is 0 Å². The summed E-state index contributed by atoms with van der Waals surface area (Å²) in [7, 11) is 0. The Hall–Kier alpha value is -3.56. The summed E-state index contributed by atoms with van der Waals surface area (Å²) in [6.45, 7) is -0.996. The molecule has 1 aromatic heterocycles. The van der Waals surface area contributed by atoms with E-state index in [0.717, 1.165) is 12.1 Å². The lowest BCUT2D eigenvalue weighted by molar-refractivity contribution is -0.119. The number of aromatic nitrogens is 1. The van der Waals surface area contributed by atoms with Crippen LogP contribution in [0.2, 0.25) is 0 Å². The maximum atomic E-state index is 13.7. The minimum absolute atomic E-state index is 0.238. The number of ether oxygens (including phenoxy) is 1. The average Bonchev–Trinajstić information content (AvgIpc) is 3.24. The molecular formula is C21H13F5N2O3. The Morgan fingerprint density at radius 1 is 0.935 bits per heavy atom. The number of amides is 1. The third kappa shape index (κ3) is 3.58. The van der Waals surface area contributed by atoms with Gasteiger partial charge in [0.15, 0.2) is 29.9 Å². The molecule has 3 aromatic rings. The maximum Gasteiger partial charge on any atom is 0.339 e. The van der Waals surface area contributed by atoms with Gasteiger partial charge in [0.25, 0.3) is 5.91 Å². The van der Waals surface area contributed by atoms with Crippen LogP contribution in [0.25, 0.3) is 10.9 Å². The molecule has 31 heavy (non-hydrogen) atoms. The van der Waals surface area contributed by atoms with Gasteiger partial charge in [-0.3, -0.25) is 9.78 Å². The zero-order valence-electron chi connectivity index (χ0n) is 15.7. The summed E-state index contributed by atoms with van der Waals surface area (Å²) in [6.07, 6.45) is 2.06. The molecule has 160 valence electrons. The normalized spacial score (nSPS) is 12.7. The number of carbonyl (C=O) groups is 2. The number of benzene rings is 2. The van der Waals surface area contributed by atoms with E-state index in [1.165, 1.54) is 0 Å². The fourth-order valence-corrected chi connectivity index (χ4v) is 3.54. The lowest BCUT2D eigenvalue weighted by Crippen LogP contribution is -2.23. The number of rotatable bonds is 4. The van der Waals surface area contributed by atoms with Gasteiger partial charge in [-0.25, -0.2) is 26.7 Å². The molecule has 0 saturated carbocycles. The second-order valence-electron chi connectivity index (χ2n) is 6.85. The number of aryl methyl sites for hydroxylation is 1. The Balaban J connectivity index is 1.55. The maximum absolute atomic E-state index is 13.7. The van der Waals surface area contributed by atoms with Crippen molar-refractivity contribution in [2.24, 2.45) is 0 Å². The Kier molecular flexibility index (Phi) is 5.30. The molecule has 0 bridgehead atoms. The zero-order valence-corrected chi connectivity index (χ0v) is 15.7. The third-order valence-corrected chi connectivity index (χ3v) is 4.93. The van der Waals surface area contributed by atoms with Crippen molar-refractivity contribution in [2.45, 2.75) is 19.3 Å². The molecule has 5 nitrogen and oxygen atoms in total.